The number of nitrogens with one attached hydrogen (secondary N) is 2. The number of rotatable bonds is 9. The zero-order valence-electron chi connectivity index (χ0n) is 26.7. The molecule has 4 aromatic rings. The number of amides is 1. The lowest BCUT2D eigenvalue weighted by Gasteiger charge is -2.58. The third-order valence-electron chi connectivity index (χ3n) is 10.1. The van der Waals surface area contributed by atoms with Crippen molar-refractivity contribution in [2.45, 2.75) is 63.2 Å². The third kappa shape index (κ3) is 6.54. The second kappa shape index (κ2) is 13.0. The quantitative estimate of drug-likeness (QED) is 0.192. The first-order valence-corrected chi connectivity index (χ1v) is 18.3. The number of fused-ring (bicyclic) bond motifs is 1. The molecule has 4 aromatic carbocycles. The lowest BCUT2D eigenvalue weighted by Crippen LogP contribution is -2.62. The van der Waals surface area contributed by atoms with Crippen molar-refractivity contribution in [2.24, 2.45) is 5.92 Å². The van der Waals surface area contributed by atoms with Crippen LogP contribution in [0.4, 0.5) is 21.9 Å². The molecular formula is C38H41N3O5S. The molecular weight excluding hydrogens is 611 g/mol. The van der Waals surface area contributed by atoms with Gasteiger partial charge in [0.15, 0.2) is 0 Å². The molecule has 3 aliphatic rings. The number of hydrogen-bond acceptors (Lipinski definition) is 6. The monoisotopic (exact) mass is 651 g/mol. The molecule has 2 bridgehead atoms. The molecule has 2 fully saturated rings. The first-order chi connectivity index (χ1) is 22.8. The highest BCUT2D eigenvalue weighted by Crippen LogP contribution is 2.57. The fourth-order valence-corrected chi connectivity index (χ4v) is 8.63. The van der Waals surface area contributed by atoms with E-state index in [1.807, 2.05) is 77.7 Å². The van der Waals surface area contributed by atoms with Gasteiger partial charge in [0.05, 0.1) is 23.3 Å². The fourth-order valence-electron chi connectivity index (χ4n) is 8.05. The predicted molar refractivity (Wildman–Crippen MR) is 184 cm³/mol. The Bertz CT molecular complexity index is 1850. The number of hydrogen-bond donors (Lipinski definition) is 2. The number of carbonyl (C=O) groups excluding carboxylic acids is 1. The normalized spacial score (nSPS) is 21.6. The molecule has 1 saturated heterocycles. The van der Waals surface area contributed by atoms with Gasteiger partial charge in [-0.25, -0.2) is 13.2 Å². The van der Waals surface area contributed by atoms with Crippen LogP contribution in [0.3, 0.4) is 0 Å². The van der Waals surface area contributed by atoms with Crippen molar-refractivity contribution in [3.8, 4) is 5.75 Å². The van der Waals surface area contributed by atoms with Crippen LogP contribution in [0.25, 0.3) is 0 Å². The number of piperidine rings is 1. The van der Waals surface area contributed by atoms with Crippen LogP contribution in [0.2, 0.25) is 0 Å². The molecule has 0 radical (unpaired) electrons. The molecule has 8 nitrogen and oxygen atoms in total. The standard InChI is InChI=1S/C38H41N3O5S/c1-47(43,44)40-33-18-9-8-17-32(33)39-34-22-29-23-35-30-16-10-11-19-38(30,31(29)24-36(34)45-25-27-12-4-2-5-13-27)20-21-41(35)37(42)46-26-28-14-6-3-7-15-28/h2-9,12-15,17-18,22,24,30,35,39-40H,10-11,16,19-21,23,25-26H2,1H3/t30-,35+,38+/m1/s1. The van der Waals surface area contributed by atoms with Crippen LogP contribution >= 0.6 is 0 Å². The lowest BCUT2D eigenvalue weighted by atomic mass is 9.52. The highest BCUT2D eigenvalue weighted by atomic mass is 32.2. The van der Waals surface area contributed by atoms with Gasteiger partial charge in [0.2, 0.25) is 10.0 Å². The van der Waals surface area contributed by atoms with Crippen molar-refractivity contribution in [3.63, 3.8) is 0 Å². The summed E-state index contributed by atoms with van der Waals surface area (Å²) >= 11 is 0. The molecule has 9 heteroatoms. The maximum absolute atomic E-state index is 13.6. The van der Waals surface area contributed by atoms with Gasteiger partial charge in [-0.15, -0.1) is 0 Å². The van der Waals surface area contributed by atoms with E-state index in [-0.39, 0.29) is 24.2 Å². The summed E-state index contributed by atoms with van der Waals surface area (Å²) in [4.78, 5) is 15.6. The van der Waals surface area contributed by atoms with E-state index in [0.29, 0.717) is 30.4 Å². The van der Waals surface area contributed by atoms with Gasteiger partial charge in [0.25, 0.3) is 0 Å². The average Bonchev–Trinajstić information content (AvgIpc) is 3.07. The lowest BCUT2D eigenvalue weighted by molar-refractivity contribution is -0.0137. The molecule has 1 saturated carbocycles. The Morgan fingerprint density at radius 2 is 1.53 bits per heavy atom. The van der Waals surface area contributed by atoms with E-state index in [9.17, 15) is 13.2 Å². The van der Waals surface area contributed by atoms with Crippen LogP contribution in [-0.4, -0.2) is 38.3 Å². The number of anilines is 3. The molecule has 1 heterocycles. The van der Waals surface area contributed by atoms with E-state index in [4.69, 9.17) is 9.47 Å². The number of benzene rings is 4. The molecule has 1 amide bonds. The molecule has 2 N–H and O–H groups in total. The van der Waals surface area contributed by atoms with E-state index < -0.39 is 10.0 Å². The van der Waals surface area contributed by atoms with Gasteiger partial charge in [-0.1, -0.05) is 85.6 Å². The van der Waals surface area contributed by atoms with Gasteiger partial charge < -0.3 is 19.7 Å². The second-order valence-corrected chi connectivity index (χ2v) is 14.8. The molecule has 7 rings (SSSR count). The molecule has 0 unspecified atom stereocenters. The van der Waals surface area contributed by atoms with Crippen molar-refractivity contribution >= 4 is 33.2 Å². The average molecular weight is 652 g/mol. The van der Waals surface area contributed by atoms with Crippen molar-refractivity contribution in [3.05, 3.63) is 119 Å². The molecule has 0 spiro atoms. The summed E-state index contributed by atoms with van der Waals surface area (Å²) in [6.45, 7) is 1.32. The third-order valence-corrected chi connectivity index (χ3v) is 10.7. The SMILES string of the molecule is CS(=O)(=O)Nc1ccccc1Nc1cc2c(cc1OCc1ccccc1)[C@]13CCCC[C@@H]1[C@H](C2)N(C(=O)OCc1ccccc1)CC3. The number of sulfonamides is 1. The first-order valence-electron chi connectivity index (χ1n) is 16.4. The fraction of sp³-hybridized carbons (Fsp3) is 0.342. The number of carbonyl (C=O) groups is 1. The Morgan fingerprint density at radius 3 is 2.26 bits per heavy atom. The molecule has 3 atom stereocenters. The van der Waals surface area contributed by atoms with E-state index in [0.717, 1.165) is 67.3 Å². The highest BCUT2D eigenvalue weighted by molar-refractivity contribution is 7.92. The number of nitrogens with zero attached hydrogens (tertiary/aromatic N) is 1. The van der Waals surface area contributed by atoms with Crippen molar-refractivity contribution in [1.82, 2.24) is 4.90 Å². The summed E-state index contributed by atoms with van der Waals surface area (Å²) in [6.07, 6.45) is 6.98. The van der Waals surface area contributed by atoms with Gasteiger partial charge in [-0.3, -0.25) is 4.72 Å². The molecule has 1 aliphatic heterocycles. The van der Waals surface area contributed by atoms with Gasteiger partial charge in [-0.05, 0) is 78.1 Å². The largest absolute Gasteiger partial charge is 0.487 e. The zero-order valence-corrected chi connectivity index (χ0v) is 27.5. The maximum atomic E-state index is 13.6. The molecule has 47 heavy (non-hydrogen) atoms. The van der Waals surface area contributed by atoms with E-state index in [1.54, 1.807) is 12.1 Å². The van der Waals surface area contributed by atoms with Crippen molar-refractivity contribution in [2.75, 3.05) is 22.8 Å². The van der Waals surface area contributed by atoms with E-state index in [1.165, 1.54) is 11.1 Å². The number of para-hydroxylation sites is 2. The van der Waals surface area contributed by atoms with Crippen LogP contribution in [0.5, 0.6) is 5.75 Å². The molecule has 0 aromatic heterocycles. The number of ether oxygens (including phenoxy) is 2. The highest BCUT2D eigenvalue weighted by Gasteiger charge is 2.55. The Hall–Kier alpha value is -4.50. The van der Waals surface area contributed by atoms with Gasteiger partial charge in [0.1, 0.15) is 19.0 Å². The minimum absolute atomic E-state index is 0.0359. The summed E-state index contributed by atoms with van der Waals surface area (Å²) in [5.41, 5.74) is 6.35. The maximum Gasteiger partial charge on any atom is 0.410 e. The summed E-state index contributed by atoms with van der Waals surface area (Å²) in [7, 11) is -3.49. The molecule has 244 valence electrons. The van der Waals surface area contributed by atoms with Crippen LogP contribution < -0.4 is 14.8 Å². The van der Waals surface area contributed by atoms with Crippen molar-refractivity contribution < 1.29 is 22.7 Å². The smallest absolute Gasteiger partial charge is 0.410 e. The minimum atomic E-state index is -3.49. The predicted octanol–water partition coefficient (Wildman–Crippen LogP) is 7.78. The molecule has 2 aliphatic carbocycles. The van der Waals surface area contributed by atoms with Crippen LogP contribution in [0.1, 0.15) is 54.4 Å². The van der Waals surface area contributed by atoms with Crippen LogP contribution in [0, 0.1) is 5.92 Å². The van der Waals surface area contributed by atoms with E-state index >= 15 is 0 Å². The Labute approximate surface area is 277 Å². The van der Waals surface area contributed by atoms with Crippen LogP contribution in [0.15, 0.2) is 97.1 Å². The summed E-state index contributed by atoms with van der Waals surface area (Å²) in [5, 5.41) is 3.50. The van der Waals surface area contributed by atoms with Crippen LogP contribution in [-0.2, 0) is 39.8 Å². The zero-order chi connectivity index (χ0) is 32.4. The van der Waals surface area contributed by atoms with E-state index in [2.05, 4.69) is 22.2 Å². The summed E-state index contributed by atoms with van der Waals surface area (Å²) in [6, 6.07) is 31.6. The van der Waals surface area contributed by atoms with Gasteiger partial charge >= 0.3 is 6.09 Å². The summed E-state index contributed by atoms with van der Waals surface area (Å²) in [5.74, 6) is 1.07. The summed E-state index contributed by atoms with van der Waals surface area (Å²) < 4.78 is 39.4. The Morgan fingerprint density at radius 1 is 0.851 bits per heavy atom. The van der Waals surface area contributed by atoms with Crippen molar-refractivity contribution in [1.29, 1.82) is 0 Å². The minimum Gasteiger partial charge on any atom is -0.487 e. The number of likely N-dealkylation sites (tertiary alicyclic amines) is 1. The van der Waals surface area contributed by atoms with Gasteiger partial charge in [-0.2, -0.15) is 0 Å². The second-order valence-electron chi connectivity index (χ2n) is 13.1. The Kier molecular flexibility index (Phi) is 8.57. The Balaban J connectivity index is 1.25. The topological polar surface area (TPSA) is 97.0 Å². The first kappa shape index (κ1) is 31.1. The van der Waals surface area contributed by atoms with Gasteiger partial charge in [0, 0.05) is 18.0 Å².